The molecule has 0 fully saturated rings. The van der Waals surface area contributed by atoms with Crippen LogP contribution in [-0.2, 0) is 9.59 Å². The maximum atomic E-state index is 10.2. The first-order valence-electron chi connectivity index (χ1n) is 3.79. The van der Waals surface area contributed by atoms with E-state index in [1.165, 1.54) is 0 Å². The van der Waals surface area contributed by atoms with Gasteiger partial charge in [0, 0.05) is 0 Å². The van der Waals surface area contributed by atoms with Crippen molar-refractivity contribution in [1.29, 1.82) is 0 Å². The molecule has 7 heteroatoms. The Labute approximate surface area is 86.7 Å². The molecule has 0 aliphatic heterocycles. The standard InChI is InChI=1S/C5H10N2O5.C3H4/c6-4(11)2(9)1(8)3(10)5(7)12;1-3-2/h1-3,8-10H,(H2,6,11)(H2,7,12);1H,2H3/t1?,2-,3+;. The van der Waals surface area contributed by atoms with Gasteiger partial charge in [-0.05, 0) is 6.92 Å². The zero-order chi connectivity index (χ0) is 12.6. The normalized spacial score (nSPS) is 14.9. The van der Waals surface area contributed by atoms with Crippen LogP contribution in [0.15, 0.2) is 0 Å². The quantitative estimate of drug-likeness (QED) is 0.313. The Balaban J connectivity index is 0. The maximum absolute atomic E-state index is 10.2. The average Bonchev–Trinajstić information content (AvgIpc) is 2.15. The molecule has 0 saturated carbocycles. The van der Waals surface area contributed by atoms with Crippen LogP contribution in [0, 0.1) is 12.3 Å². The lowest BCUT2D eigenvalue weighted by atomic mass is 10.1. The lowest BCUT2D eigenvalue weighted by molar-refractivity contribution is -0.145. The third-order valence-electron chi connectivity index (χ3n) is 1.23. The molecule has 0 bridgehead atoms. The van der Waals surface area contributed by atoms with Gasteiger partial charge in [0.2, 0.25) is 11.8 Å². The van der Waals surface area contributed by atoms with Gasteiger partial charge in [-0.25, -0.2) is 0 Å². The predicted molar refractivity (Wildman–Crippen MR) is 50.9 cm³/mol. The van der Waals surface area contributed by atoms with E-state index in [1.54, 1.807) is 6.92 Å². The summed E-state index contributed by atoms with van der Waals surface area (Å²) in [7, 11) is 0. The summed E-state index contributed by atoms with van der Waals surface area (Å²) in [5, 5.41) is 26.3. The van der Waals surface area contributed by atoms with Gasteiger partial charge in [0.15, 0.2) is 12.2 Å². The number of aliphatic hydroxyl groups excluding tert-OH is 3. The van der Waals surface area contributed by atoms with Crippen molar-refractivity contribution in [2.24, 2.45) is 11.5 Å². The minimum Gasteiger partial charge on any atom is -0.387 e. The van der Waals surface area contributed by atoms with Crippen molar-refractivity contribution in [3.63, 3.8) is 0 Å². The molecule has 0 aromatic heterocycles. The van der Waals surface area contributed by atoms with Gasteiger partial charge in [-0.3, -0.25) is 9.59 Å². The molecular weight excluding hydrogens is 204 g/mol. The topological polar surface area (TPSA) is 147 Å². The van der Waals surface area contributed by atoms with Crippen LogP contribution < -0.4 is 11.5 Å². The van der Waals surface area contributed by atoms with E-state index in [-0.39, 0.29) is 0 Å². The van der Waals surface area contributed by atoms with Gasteiger partial charge < -0.3 is 26.8 Å². The molecule has 0 saturated heterocycles. The highest BCUT2D eigenvalue weighted by molar-refractivity contribution is 5.83. The molecule has 0 heterocycles. The molecule has 0 radical (unpaired) electrons. The van der Waals surface area contributed by atoms with Gasteiger partial charge in [-0.1, -0.05) is 0 Å². The van der Waals surface area contributed by atoms with Crippen LogP contribution in [-0.4, -0.2) is 45.4 Å². The molecule has 0 aromatic carbocycles. The summed E-state index contributed by atoms with van der Waals surface area (Å²) in [4.78, 5) is 20.4. The number of carbonyl (C=O) groups excluding carboxylic acids is 2. The molecule has 0 aliphatic rings. The van der Waals surface area contributed by atoms with Crippen molar-refractivity contribution in [2.45, 2.75) is 25.2 Å². The number of rotatable bonds is 4. The minimum atomic E-state index is -2.01. The van der Waals surface area contributed by atoms with E-state index in [1.807, 2.05) is 0 Å². The zero-order valence-electron chi connectivity index (χ0n) is 8.12. The number of hydrogen-bond donors (Lipinski definition) is 5. The number of aliphatic hydroxyl groups is 3. The highest BCUT2D eigenvalue weighted by Gasteiger charge is 2.31. The van der Waals surface area contributed by atoms with Crippen LogP contribution >= 0.6 is 0 Å². The minimum absolute atomic E-state index is 1.25. The summed E-state index contributed by atoms with van der Waals surface area (Å²) in [6, 6.07) is 0. The van der Waals surface area contributed by atoms with E-state index >= 15 is 0 Å². The molecule has 1 unspecified atom stereocenters. The Kier molecular flexibility index (Phi) is 8.18. The van der Waals surface area contributed by atoms with E-state index in [2.05, 4.69) is 23.8 Å². The fourth-order valence-corrected chi connectivity index (χ4v) is 0.509. The molecule has 0 aromatic rings. The highest BCUT2D eigenvalue weighted by Crippen LogP contribution is 1.98. The monoisotopic (exact) mass is 218 g/mol. The van der Waals surface area contributed by atoms with Gasteiger partial charge in [-0.15, -0.1) is 12.3 Å². The number of carbonyl (C=O) groups is 2. The fraction of sp³-hybridized carbons (Fsp3) is 0.500. The molecule has 0 spiro atoms. The number of primary amides is 2. The second kappa shape index (κ2) is 7.75. The molecule has 0 aliphatic carbocycles. The molecule has 7 nitrogen and oxygen atoms in total. The second-order valence-electron chi connectivity index (χ2n) is 2.47. The summed E-state index contributed by atoms with van der Waals surface area (Å²) >= 11 is 0. The fourth-order valence-electron chi connectivity index (χ4n) is 0.509. The van der Waals surface area contributed by atoms with Gasteiger partial charge in [-0.2, -0.15) is 0 Å². The highest BCUT2D eigenvalue weighted by atomic mass is 16.4. The smallest absolute Gasteiger partial charge is 0.249 e. The molecule has 15 heavy (non-hydrogen) atoms. The van der Waals surface area contributed by atoms with Crippen LogP contribution in [0.2, 0.25) is 0 Å². The Bertz CT molecular complexity index is 240. The maximum Gasteiger partial charge on any atom is 0.249 e. The van der Waals surface area contributed by atoms with E-state index in [4.69, 9.17) is 15.3 Å². The van der Waals surface area contributed by atoms with Crippen molar-refractivity contribution in [3.05, 3.63) is 0 Å². The number of amides is 2. The Morgan fingerprint density at radius 1 is 1.13 bits per heavy atom. The molecule has 3 atom stereocenters. The van der Waals surface area contributed by atoms with Crippen LogP contribution in [0.1, 0.15) is 6.92 Å². The Morgan fingerprint density at radius 3 is 1.47 bits per heavy atom. The average molecular weight is 218 g/mol. The van der Waals surface area contributed by atoms with E-state index in [0.717, 1.165) is 0 Å². The van der Waals surface area contributed by atoms with E-state index in [9.17, 15) is 9.59 Å². The van der Waals surface area contributed by atoms with Crippen molar-refractivity contribution >= 4 is 11.8 Å². The first-order valence-corrected chi connectivity index (χ1v) is 3.79. The van der Waals surface area contributed by atoms with Crippen LogP contribution in [0.5, 0.6) is 0 Å². The third kappa shape index (κ3) is 6.45. The number of terminal acetylenes is 1. The SMILES string of the molecule is C#CC.NC(=O)[C@@H](O)C(O)[C@@H](O)C(N)=O. The van der Waals surface area contributed by atoms with Crippen LogP contribution in [0.4, 0.5) is 0 Å². The van der Waals surface area contributed by atoms with Crippen molar-refractivity contribution < 1.29 is 24.9 Å². The second-order valence-corrected chi connectivity index (χ2v) is 2.47. The molecule has 7 N–H and O–H groups in total. The van der Waals surface area contributed by atoms with Crippen molar-refractivity contribution in [1.82, 2.24) is 0 Å². The lowest BCUT2D eigenvalue weighted by Gasteiger charge is -2.17. The summed E-state index contributed by atoms with van der Waals surface area (Å²) < 4.78 is 0. The Morgan fingerprint density at radius 2 is 1.33 bits per heavy atom. The lowest BCUT2D eigenvalue weighted by Crippen LogP contribution is -2.50. The predicted octanol–water partition coefficient (Wildman–Crippen LogP) is -3.32. The summed E-state index contributed by atoms with van der Waals surface area (Å²) in [5.41, 5.74) is 9.13. The van der Waals surface area contributed by atoms with E-state index in [0.29, 0.717) is 0 Å². The largest absolute Gasteiger partial charge is 0.387 e. The van der Waals surface area contributed by atoms with Gasteiger partial charge in [0.05, 0.1) is 0 Å². The first kappa shape index (κ1) is 15.8. The zero-order valence-corrected chi connectivity index (χ0v) is 8.12. The molecular formula is C8H14N2O5. The molecule has 0 rings (SSSR count). The third-order valence-corrected chi connectivity index (χ3v) is 1.23. The molecule has 86 valence electrons. The summed E-state index contributed by atoms with van der Waals surface area (Å²) in [5.74, 6) is -0.245. The van der Waals surface area contributed by atoms with Gasteiger partial charge in [0.1, 0.15) is 6.10 Å². The summed E-state index contributed by atoms with van der Waals surface area (Å²) in [6.45, 7) is 1.65. The van der Waals surface area contributed by atoms with Crippen molar-refractivity contribution in [3.8, 4) is 12.3 Å². The first-order chi connectivity index (χ1) is 6.79. The number of hydrogen-bond acceptors (Lipinski definition) is 5. The van der Waals surface area contributed by atoms with Crippen LogP contribution in [0.25, 0.3) is 0 Å². The Hall–Kier alpha value is -1.62. The molecule has 2 amide bonds. The number of nitrogens with two attached hydrogens (primary N) is 2. The van der Waals surface area contributed by atoms with E-state index < -0.39 is 30.1 Å². The van der Waals surface area contributed by atoms with Gasteiger partial charge in [0.25, 0.3) is 0 Å². The summed E-state index contributed by atoms with van der Waals surface area (Å²) in [6.07, 6.45) is -1.40. The van der Waals surface area contributed by atoms with Crippen molar-refractivity contribution in [2.75, 3.05) is 0 Å². The van der Waals surface area contributed by atoms with Crippen LogP contribution in [0.3, 0.4) is 0 Å². The van der Waals surface area contributed by atoms with Gasteiger partial charge >= 0.3 is 0 Å².